The van der Waals surface area contributed by atoms with E-state index in [9.17, 15) is 18.0 Å². The Bertz CT molecular complexity index is 515. The fourth-order valence-electron chi connectivity index (χ4n) is 1.22. The fraction of sp³-hybridized carbons (Fsp3) is 0.182. The number of ether oxygens (including phenoxy) is 1. The molecule has 0 saturated carbocycles. The fourth-order valence-corrected chi connectivity index (χ4v) is 1.81. The second kappa shape index (κ2) is 6.03. The second-order valence-electron chi connectivity index (χ2n) is 3.33. The van der Waals surface area contributed by atoms with Gasteiger partial charge >= 0.3 is 12.1 Å². The number of esters is 1. The summed E-state index contributed by atoms with van der Waals surface area (Å²) in [4.78, 5) is 11.0. The largest absolute Gasteiger partial charge is 0.466 e. The summed E-state index contributed by atoms with van der Waals surface area (Å²) in [6.07, 6.45) is -4.45. The van der Waals surface area contributed by atoms with Crippen LogP contribution in [0.25, 0.3) is 5.57 Å². The Kier molecular flexibility index (Phi) is 5.12. The van der Waals surface area contributed by atoms with Crippen LogP contribution in [0.4, 0.5) is 13.2 Å². The molecule has 0 aliphatic carbocycles. The molecular formula is C11H6Cl3F3O2. The normalized spacial score (nSPS) is 12.5. The van der Waals surface area contributed by atoms with Gasteiger partial charge in [-0.15, -0.1) is 0 Å². The summed E-state index contributed by atoms with van der Waals surface area (Å²) in [7, 11) is 0.967. The zero-order valence-corrected chi connectivity index (χ0v) is 11.6. The quantitative estimate of drug-likeness (QED) is 0.443. The standard InChI is InChI=1S/C11H6Cl3F3O2/c1-19-9(18)4-6(11(15,16)17)5-2-7(12)10(14)8(13)3-5/h2-4H,1H3. The Morgan fingerprint density at radius 2 is 1.68 bits per heavy atom. The number of carbonyl (C=O) groups excluding carboxylic acids is 1. The number of hydrogen-bond donors (Lipinski definition) is 0. The summed E-state index contributed by atoms with van der Waals surface area (Å²) >= 11 is 17.0. The highest BCUT2D eigenvalue weighted by Crippen LogP contribution is 2.39. The number of halogens is 6. The van der Waals surface area contributed by atoms with E-state index in [2.05, 4.69) is 4.74 Å². The van der Waals surface area contributed by atoms with Crippen molar-refractivity contribution >= 4 is 46.3 Å². The predicted octanol–water partition coefficient (Wildman–Crippen LogP) is 4.77. The van der Waals surface area contributed by atoms with E-state index in [-0.39, 0.29) is 20.6 Å². The van der Waals surface area contributed by atoms with Gasteiger partial charge in [-0.05, 0) is 17.7 Å². The summed E-state index contributed by atoms with van der Waals surface area (Å²) in [6.45, 7) is 0. The van der Waals surface area contributed by atoms with Gasteiger partial charge in [-0.25, -0.2) is 4.79 Å². The van der Waals surface area contributed by atoms with E-state index < -0.39 is 17.7 Å². The lowest BCUT2D eigenvalue weighted by Crippen LogP contribution is -2.13. The molecule has 8 heteroatoms. The molecule has 1 aromatic rings. The minimum absolute atomic E-state index is 0.0633. The smallest absolute Gasteiger partial charge is 0.417 e. The van der Waals surface area contributed by atoms with Crippen LogP contribution in [-0.2, 0) is 9.53 Å². The van der Waals surface area contributed by atoms with Gasteiger partial charge in [0.15, 0.2) is 0 Å². The number of allylic oxidation sites excluding steroid dienone is 1. The second-order valence-corrected chi connectivity index (χ2v) is 4.53. The average Bonchev–Trinajstić information content (AvgIpc) is 2.30. The van der Waals surface area contributed by atoms with Crippen molar-refractivity contribution in [3.8, 4) is 0 Å². The van der Waals surface area contributed by atoms with E-state index in [1.54, 1.807) is 0 Å². The minimum Gasteiger partial charge on any atom is -0.466 e. The van der Waals surface area contributed by atoms with Crippen molar-refractivity contribution in [3.05, 3.63) is 38.8 Å². The number of rotatable bonds is 2. The topological polar surface area (TPSA) is 26.3 Å². The Morgan fingerprint density at radius 1 is 1.21 bits per heavy atom. The van der Waals surface area contributed by atoms with Gasteiger partial charge < -0.3 is 4.74 Å². The maximum Gasteiger partial charge on any atom is 0.417 e. The van der Waals surface area contributed by atoms with Crippen molar-refractivity contribution in [2.45, 2.75) is 6.18 Å². The Labute approximate surface area is 121 Å². The molecule has 19 heavy (non-hydrogen) atoms. The molecule has 0 aliphatic heterocycles. The van der Waals surface area contributed by atoms with Crippen molar-refractivity contribution in [3.63, 3.8) is 0 Å². The van der Waals surface area contributed by atoms with Crippen LogP contribution in [-0.4, -0.2) is 19.3 Å². The summed E-state index contributed by atoms with van der Waals surface area (Å²) in [5.74, 6) is -1.14. The first-order chi connectivity index (χ1) is 8.66. The highest BCUT2D eigenvalue weighted by atomic mass is 35.5. The van der Waals surface area contributed by atoms with Crippen LogP contribution in [0, 0.1) is 0 Å². The Morgan fingerprint density at radius 3 is 2.05 bits per heavy atom. The van der Waals surface area contributed by atoms with Crippen LogP contribution in [0.1, 0.15) is 5.56 Å². The van der Waals surface area contributed by atoms with Crippen molar-refractivity contribution in [1.82, 2.24) is 0 Å². The molecule has 0 atom stereocenters. The van der Waals surface area contributed by atoms with Gasteiger partial charge in [0.2, 0.25) is 0 Å². The molecule has 0 heterocycles. The SMILES string of the molecule is COC(=O)C=C(c1cc(Cl)c(Cl)c(Cl)c1)C(F)(F)F. The highest BCUT2D eigenvalue weighted by molar-refractivity contribution is 6.48. The summed E-state index contributed by atoms with van der Waals surface area (Å²) < 4.78 is 42.8. The third-order valence-electron chi connectivity index (χ3n) is 2.06. The molecule has 0 aromatic heterocycles. The first-order valence-electron chi connectivity index (χ1n) is 4.68. The van der Waals surface area contributed by atoms with Crippen LogP contribution in [0.15, 0.2) is 18.2 Å². The molecule has 0 N–H and O–H groups in total. The van der Waals surface area contributed by atoms with Gasteiger partial charge in [0.05, 0.1) is 27.8 Å². The average molecular weight is 334 g/mol. The lowest BCUT2D eigenvalue weighted by atomic mass is 10.1. The van der Waals surface area contributed by atoms with E-state index in [0.29, 0.717) is 6.08 Å². The number of alkyl halides is 3. The van der Waals surface area contributed by atoms with Crippen LogP contribution >= 0.6 is 34.8 Å². The van der Waals surface area contributed by atoms with E-state index >= 15 is 0 Å². The molecular weight excluding hydrogens is 327 g/mol. The third-order valence-corrected chi connectivity index (χ3v) is 3.26. The van der Waals surface area contributed by atoms with Gasteiger partial charge in [0.1, 0.15) is 0 Å². The number of carbonyl (C=O) groups is 1. The lowest BCUT2D eigenvalue weighted by Gasteiger charge is -2.13. The number of methoxy groups -OCH3 is 1. The molecule has 0 spiro atoms. The first-order valence-corrected chi connectivity index (χ1v) is 5.82. The van der Waals surface area contributed by atoms with Gasteiger partial charge in [0.25, 0.3) is 0 Å². The molecule has 0 unspecified atom stereocenters. The first kappa shape index (κ1) is 16.1. The maximum atomic E-state index is 12.9. The summed E-state index contributed by atoms with van der Waals surface area (Å²) in [6, 6.07) is 1.94. The number of hydrogen-bond acceptors (Lipinski definition) is 2. The molecule has 0 aliphatic rings. The molecule has 0 amide bonds. The van der Waals surface area contributed by atoms with E-state index in [1.807, 2.05) is 0 Å². The van der Waals surface area contributed by atoms with Gasteiger partial charge in [-0.1, -0.05) is 34.8 Å². The predicted molar refractivity (Wildman–Crippen MR) is 67.5 cm³/mol. The minimum atomic E-state index is -4.77. The molecule has 104 valence electrons. The Hall–Kier alpha value is -0.910. The summed E-state index contributed by atoms with van der Waals surface area (Å²) in [5, 5.41) is -0.361. The molecule has 0 radical (unpaired) electrons. The lowest BCUT2D eigenvalue weighted by molar-refractivity contribution is -0.135. The van der Waals surface area contributed by atoms with E-state index in [0.717, 1.165) is 19.2 Å². The van der Waals surface area contributed by atoms with Gasteiger partial charge in [0, 0.05) is 6.08 Å². The van der Waals surface area contributed by atoms with Crippen molar-refractivity contribution in [2.75, 3.05) is 7.11 Å². The Balaban J connectivity index is 3.43. The zero-order valence-electron chi connectivity index (χ0n) is 9.32. The van der Waals surface area contributed by atoms with Crippen LogP contribution < -0.4 is 0 Å². The van der Waals surface area contributed by atoms with Crippen LogP contribution in [0.2, 0.25) is 15.1 Å². The van der Waals surface area contributed by atoms with Crippen molar-refractivity contribution < 1.29 is 22.7 Å². The molecule has 0 fully saturated rings. The monoisotopic (exact) mass is 332 g/mol. The van der Waals surface area contributed by atoms with E-state index in [1.165, 1.54) is 0 Å². The zero-order chi connectivity index (χ0) is 14.8. The maximum absolute atomic E-state index is 12.9. The van der Waals surface area contributed by atoms with E-state index in [4.69, 9.17) is 34.8 Å². The molecule has 2 nitrogen and oxygen atoms in total. The van der Waals surface area contributed by atoms with Crippen LogP contribution in [0.5, 0.6) is 0 Å². The summed E-state index contributed by atoms with van der Waals surface area (Å²) in [5.41, 5.74) is -1.60. The van der Waals surface area contributed by atoms with Gasteiger partial charge in [-0.2, -0.15) is 13.2 Å². The molecule has 1 aromatic carbocycles. The highest BCUT2D eigenvalue weighted by Gasteiger charge is 2.36. The molecule has 0 bridgehead atoms. The molecule has 0 saturated heterocycles. The van der Waals surface area contributed by atoms with Crippen LogP contribution in [0.3, 0.4) is 0 Å². The third kappa shape index (κ3) is 4.03. The van der Waals surface area contributed by atoms with Gasteiger partial charge in [-0.3, -0.25) is 0 Å². The molecule has 1 rings (SSSR count). The van der Waals surface area contributed by atoms with Crippen molar-refractivity contribution in [2.24, 2.45) is 0 Å². The number of benzene rings is 1. The van der Waals surface area contributed by atoms with Crippen molar-refractivity contribution in [1.29, 1.82) is 0 Å².